The van der Waals surface area contributed by atoms with Gasteiger partial charge in [0.05, 0.1) is 18.6 Å². The van der Waals surface area contributed by atoms with Crippen LogP contribution in [-0.4, -0.2) is 63.4 Å². The Hall–Kier alpha value is -2.09. The first-order valence-electron chi connectivity index (χ1n) is 8.12. The number of hydrogen-bond acceptors (Lipinski definition) is 5. The second-order valence-corrected chi connectivity index (χ2v) is 8.41. The number of ether oxygens (including phenoxy) is 1. The summed E-state index contributed by atoms with van der Waals surface area (Å²) in [6.07, 6.45) is 0.598. The summed E-state index contributed by atoms with van der Waals surface area (Å²) in [5.41, 5.74) is 0.658. The quantitative estimate of drug-likeness (QED) is 0.750. The van der Waals surface area contributed by atoms with Crippen molar-refractivity contribution in [1.82, 2.24) is 4.90 Å². The second-order valence-electron chi connectivity index (χ2n) is 6.18. The van der Waals surface area contributed by atoms with Gasteiger partial charge in [-0.1, -0.05) is 6.07 Å². The standard InChI is InChI=1S/C17H24N2O5S/c1-13(20)19(14-5-4-6-16(11-14)24-3)9-7-17(21)18(2)15-8-10-25(22,23)12-15/h4-6,11,15H,7-10,12H2,1-3H3. The van der Waals surface area contributed by atoms with Crippen molar-refractivity contribution in [3.8, 4) is 5.75 Å². The van der Waals surface area contributed by atoms with Crippen LogP contribution in [0.15, 0.2) is 24.3 Å². The predicted molar refractivity (Wildman–Crippen MR) is 95.5 cm³/mol. The van der Waals surface area contributed by atoms with Gasteiger partial charge in [-0.05, 0) is 18.6 Å². The van der Waals surface area contributed by atoms with Crippen LogP contribution < -0.4 is 9.64 Å². The molecule has 2 amide bonds. The van der Waals surface area contributed by atoms with E-state index >= 15 is 0 Å². The highest BCUT2D eigenvalue weighted by atomic mass is 32.2. The molecule has 1 aromatic carbocycles. The minimum absolute atomic E-state index is 0.0154. The minimum Gasteiger partial charge on any atom is -0.497 e. The summed E-state index contributed by atoms with van der Waals surface area (Å²) in [6, 6.07) is 6.80. The number of hydrogen-bond donors (Lipinski definition) is 0. The van der Waals surface area contributed by atoms with Crippen molar-refractivity contribution in [2.24, 2.45) is 0 Å². The number of nitrogens with zero attached hydrogens (tertiary/aromatic N) is 2. The first-order valence-corrected chi connectivity index (χ1v) is 9.94. The number of carbonyl (C=O) groups excluding carboxylic acids is 2. The lowest BCUT2D eigenvalue weighted by atomic mass is 10.2. The number of benzene rings is 1. The summed E-state index contributed by atoms with van der Waals surface area (Å²) in [7, 11) is 0.128. The third-order valence-electron chi connectivity index (χ3n) is 4.44. The van der Waals surface area contributed by atoms with Crippen LogP contribution in [0.4, 0.5) is 5.69 Å². The van der Waals surface area contributed by atoms with Gasteiger partial charge in [-0.2, -0.15) is 0 Å². The van der Waals surface area contributed by atoms with Gasteiger partial charge in [0.1, 0.15) is 5.75 Å². The lowest BCUT2D eigenvalue weighted by Crippen LogP contribution is -2.40. The Balaban J connectivity index is 2.01. The fourth-order valence-electron chi connectivity index (χ4n) is 2.91. The molecule has 1 aliphatic rings. The Kier molecular flexibility index (Phi) is 6.05. The summed E-state index contributed by atoms with van der Waals surface area (Å²) in [4.78, 5) is 27.3. The van der Waals surface area contributed by atoms with Gasteiger partial charge in [0.15, 0.2) is 9.84 Å². The van der Waals surface area contributed by atoms with Gasteiger partial charge in [0.2, 0.25) is 11.8 Å². The number of carbonyl (C=O) groups is 2. The van der Waals surface area contributed by atoms with Crippen LogP contribution in [-0.2, 0) is 19.4 Å². The van der Waals surface area contributed by atoms with E-state index in [2.05, 4.69) is 0 Å². The van der Waals surface area contributed by atoms with Crippen LogP contribution in [0.2, 0.25) is 0 Å². The van der Waals surface area contributed by atoms with E-state index in [1.54, 1.807) is 38.4 Å². The molecule has 1 aromatic rings. The Morgan fingerprint density at radius 2 is 2.04 bits per heavy atom. The molecule has 1 atom stereocenters. The normalized spacial score (nSPS) is 18.6. The van der Waals surface area contributed by atoms with Crippen LogP contribution in [0.3, 0.4) is 0 Å². The highest BCUT2D eigenvalue weighted by Crippen LogP contribution is 2.22. The first-order chi connectivity index (χ1) is 11.7. The summed E-state index contributed by atoms with van der Waals surface area (Å²) in [5.74, 6) is 0.423. The molecular formula is C17H24N2O5S. The predicted octanol–water partition coefficient (Wildman–Crippen LogP) is 1.08. The van der Waals surface area contributed by atoms with Gasteiger partial charge in [-0.25, -0.2) is 8.42 Å². The van der Waals surface area contributed by atoms with E-state index in [1.807, 2.05) is 0 Å². The van der Waals surface area contributed by atoms with Gasteiger partial charge in [-0.3, -0.25) is 9.59 Å². The maximum Gasteiger partial charge on any atom is 0.224 e. The Morgan fingerprint density at radius 1 is 1.32 bits per heavy atom. The smallest absolute Gasteiger partial charge is 0.224 e. The van der Waals surface area contributed by atoms with E-state index in [-0.39, 0.29) is 42.3 Å². The average Bonchev–Trinajstić information content (AvgIpc) is 2.94. The highest BCUT2D eigenvalue weighted by Gasteiger charge is 2.32. The molecule has 0 saturated carbocycles. The molecule has 1 saturated heterocycles. The van der Waals surface area contributed by atoms with Crippen LogP contribution in [0.25, 0.3) is 0 Å². The molecule has 138 valence electrons. The van der Waals surface area contributed by atoms with Crippen molar-refractivity contribution >= 4 is 27.3 Å². The first kappa shape index (κ1) is 19.2. The van der Waals surface area contributed by atoms with Crippen molar-refractivity contribution in [3.63, 3.8) is 0 Å². The lowest BCUT2D eigenvalue weighted by Gasteiger charge is -2.26. The summed E-state index contributed by atoms with van der Waals surface area (Å²) in [5, 5.41) is 0. The average molecular weight is 368 g/mol. The largest absolute Gasteiger partial charge is 0.497 e. The number of sulfone groups is 1. The molecule has 2 rings (SSSR count). The Labute approximate surface area is 148 Å². The molecule has 0 spiro atoms. The van der Waals surface area contributed by atoms with Gasteiger partial charge >= 0.3 is 0 Å². The zero-order chi connectivity index (χ0) is 18.6. The molecular weight excluding hydrogens is 344 g/mol. The molecule has 0 radical (unpaired) electrons. The molecule has 1 fully saturated rings. The molecule has 1 unspecified atom stereocenters. The molecule has 0 bridgehead atoms. The molecule has 25 heavy (non-hydrogen) atoms. The zero-order valence-corrected chi connectivity index (χ0v) is 15.6. The van der Waals surface area contributed by atoms with Crippen molar-refractivity contribution < 1.29 is 22.7 Å². The molecule has 0 N–H and O–H groups in total. The van der Waals surface area contributed by atoms with Crippen LogP contribution in [0.1, 0.15) is 19.8 Å². The monoisotopic (exact) mass is 368 g/mol. The van der Waals surface area contributed by atoms with E-state index in [9.17, 15) is 18.0 Å². The fraction of sp³-hybridized carbons (Fsp3) is 0.529. The molecule has 0 aliphatic carbocycles. The fourth-order valence-corrected chi connectivity index (χ4v) is 4.69. The third-order valence-corrected chi connectivity index (χ3v) is 6.19. The number of rotatable bonds is 6. The second kappa shape index (κ2) is 7.86. The number of methoxy groups -OCH3 is 1. The van der Waals surface area contributed by atoms with Gasteiger partial charge < -0.3 is 14.5 Å². The topological polar surface area (TPSA) is 84.0 Å². The zero-order valence-electron chi connectivity index (χ0n) is 14.8. The van der Waals surface area contributed by atoms with Gasteiger partial charge in [-0.15, -0.1) is 0 Å². The van der Waals surface area contributed by atoms with Crippen molar-refractivity contribution in [2.75, 3.05) is 37.1 Å². The SMILES string of the molecule is COc1cccc(N(CCC(=O)N(C)C2CCS(=O)(=O)C2)C(C)=O)c1. The lowest BCUT2D eigenvalue weighted by molar-refractivity contribution is -0.131. The maximum absolute atomic E-state index is 12.4. The highest BCUT2D eigenvalue weighted by molar-refractivity contribution is 7.91. The van der Waals surface area contributed by atoms with Crippen molar-refractivity contribution in [2.45, 2.75) is 25.8 Å². The van der Waals surface area contributed by atoms with Crippen LogP contribution in [0, 0.1) is 0 Å². The van der Waals surface area contributed by atoms with E-state index in [4.69, 9.17) is 4.74 Å². The summed E-state index contributed by atoms with van der Waals surface area (Å²) in [6.45, 7) is 1.67. The third kappa shape index (κ3) is 4.94. The Bertz CT molecular complexity index is 747. The van der Waals surface area contributed by atoms with Gasteiger partial charge in [0, 0.05) is 44.7 Å². The molecule has 0 aromatic heterocycles. The van der Waals surface area contributed by atoms with E-state index in [0.717, 1.165) is 0 Å². The van der Waals surface area contributed by atoms with Crippen LogP contribution >= 0.6 is 0 Å². The molecule has 7 nitrogen and oxygen atoms in total. The maximum atomic E-state index is 12.4. The number of amides is 2. The minimum atomic E-state index is -3.04. The van der Waals surface area contributed by atoms with Gasteiger partial charge in [0.25, 0.3) is 0 Å². The van der Waals surface area contributed by atoms with Crippen LogP contribution in [0.5, 0.6) is 5.75 Å². The molecule has 1 heterocycles. The molecule has 8 heteroatoms. The Morgan fingerprint density at radius 3 is 2.60 bits per heavy atom. The van der Waals surface area contributed by atoms with E-state index in [0.29, 0.717) is 17.9 Å². The number of anilines is 1. The summed E-state index contributed by atoms with van der Waals surface area (Å²) >= 11 is 0. The van der Waals surface area contributed by atoms with E-state index < -0.39 is 9.84 Å². The van der Waals surface area contributed by atoms with Crippen molar-refractivity contribution in [1.29, 1.82) is 0 Å². The summed E-state index contributed by atoms with van der Waals surface area (Å²) < 4.78 is 28.3. The van der Waals surface area contributed by atoms with E-state index in [1.165, 1.54) is 16.7 Å². The molecule has 1 aliphatic heterocycles. The van der Waals surface area contributed by atoms with Crippen molar-refractivity contribution in [3.05, 3.63) is 24.3 Å².